The standard InChI is InChI=1S/C22H23N5O5/c1-32-20-13-16(27(30)31)6-7-18(20)24-21(28)14-25-8-10-26(11-9-25)22(29)19-12-15-4-2-3-5-17(15)23-19/h2-7,12-13,23H,8-11,14H2,1H3,(H,24,28). The number of non-ortho nitro benzene ring substituents is 1. The topological polar surface area (TPSA) is 121 Å². The summed E-state index contributed by atoms with van der Waals surface area (Å²) < 4.78 is 5.15. The van der Waals surface area contributed by atoms with Gasteiger partial charge in [-0.05, 0) is 18.2 Å². The zero-order valence-electron chi connectivity index (χ0n) is 17.5. The van der Waals surface area contributed by atoms with Crippen molar-refractivity contribution in [3.05, 3.63) is 64.3 Å². The van der Waals surface area contributed by atoms with Gasteiger partial charge in [-0.3, -0.25) is 24.6 Å². The Hall–Kier alpha value is -3.92. The summed E-state index contributed by atoms with van der Waals surface area (Å²) in [5.74, 6) is -0.0882. The highest BCUT2D eigenvalue weighted by atomic mass is 16.6. The number of para-hydroxylation sites is 1. The van der Waals surface area contributed by atoms with Crippen molar-refractivity contribution in [3.63, 3.8) is 0 Å². The van der Waals surface area contributed by atoms with E-state index in [0.29, 0.717) is 37.6 Å². The van der Waals surface area contributed by atoms with Crippen LogP contribution in [0.25, 0.3) is 10.9 Å². The van der Waals surface area contributed by atoms with Crippen LogP contribution in [-0.4, -0.2) is 71.4 Å². The van der Waals surface area contributed by atoms with Gasteiger partial charge >= 0.3 is 0 Å². The number of nitrogens with one attached hydrogen (secondary N) is 2. The average Bonchev–Trinajstić information content (AvgIpc) is 3.23. The number of benzene rings is 2. The quantitative estimate of drug-likeness (QED) is 0.451. The highest BCUT2D eigenvalue weighted by molar-refractivity contribution is 5.98. The molecule has 10 nitrogen and oxygen atoms in total. The van der Waals surface area contributed by atoms with Crippen LogP contribution in [0, 0.1) is 10.1 Å². The largest absolute Gasteiger partial charge is 0.494 e. The monoisotopic (exact) mass is 437 g/mol. The molecule has 0 radical (unpaired) electrons. The first kappa shape index (κ1) is 21.3. The van der Waals surface area contributed by atoms with E-state index < -0.39 is 4.92 Å². The van der Waals surface area contributed by atoms with Gasteiger partial charge in [0, 0.05) is 43.1 Å². The zero-order valence-corrected chi connectivity index (χ0v) is 17.5. The van der Waals surface area contributed by atoms with E-state index in [-0.39, 0.29) is 29.8 Å². The number of nitro groups is 1. The van der Waals surface area contributed by atoms with Crippen LogP contribution in [0.5, 0.6) is 5.75 Å². The van der Waals surface area contributed by atoms with Gasteiger partial charge in [-0.1, -0.05) is 18.2 Å². The van der Waals surface area contributed by atoms with E-state index in [1.807, 2.05) is 35.2 Å². The van der Waals surface area contributed by atoms with Crippen molar-refractivity contribution in [2.45, 2.75) is 0 Å². The van der Waals surface area contributed by atoms with Crippen molar-refractivity contribution >= 4 is 34.1 Å². The Morgan fingerprint density at radius 2 is 1.88 bits per heavy atom. The molecule has 2 heterocycles. The molecular weight excluding hydrogens is 414 g/mol. The number of rotatable bonds is 6. The summed E-state index contributed by atoms with van der Waals surface area (Å²) in [5.41, 5.74) is 1.74. The third-order valence-corrected chi connectivity index (χ3v) is 5.46. The lowest BCUT2D eigenvalue weighted by Crippen LogP contribution is -2.50. The first-order valence-electron chi connectivity index (χ1n) is 10.2. The number of aromatic amines is 1. The van der Waals surface area contributed by atoms with Crippen LogP contribution >= 0.6 is 0 Å². The fourth-order valence-electron chi connectivity index (χ4n) is 3.76. The van der Waals surface area contributed by atoms with Crippen molar-refractivity contribution in [2.24, 2.45) is 0 Å². The molecule has 0 atom stereocenters. The predicted molar refractivity (Wildman–Crippen MR) is 119 cm³/mol. The van der Waals surface area contributed by atoms with Gasteiger partial charge in [0.25, 0.3) is 11.6 Å². The molecule has 0 unspecified atom stereocenters. The van der Waals surface area contributed by atoms with Gasteiger partial charge in [-0.15, -0.1) is 0 Å². The lowest BCUT2D eigenvalue weighted by Gasteiger charge is -2.34. The molecule has 10 heteroatoms. The summed E-state index contributed by atoms with van der Waals surface area (Å²) >= 11 is 0. The number of carbonyl (C=O) groups is 2. The van der Waals surface area contributed by atoms with Crippen molar-refractivity contribution in [1.29, 1.82) is 0 Å². The number of fused-ring (bicyclic) bond motifs is 1. The number of nitrogens with zero attached hydrogens (tertiary/aromatic N) is 3. The van der Waals surface area contributed by atoms with Crippen molar-refractivity contribution in [3.8, 4) is 5.75 Å². The third-order valence-electron chi connectivity index (χ3n) is 5.46. The van der Waals surface area contributed by atoms with E-state index in [1.54, 1.807) is 4.90 Å². The Kier molecular flexibility index (Phi) is 6.04. The molecule has 0 bridgehead atoms. The molecule has 1 fully saturated rings. The van der Waals surface area contributed by atoms with Gasteiger partial charge in [-0.25, -0.2) is 0 Å². The number of amides is 2. The van der Waals surface area contributed by atoms with Gasteiger partial charge in [0.05, 0.1) is 30.3 Å². The fraction of sp³-hybridized carbons (Fsp3) is 0.273. The molecule has 0 saturated carbocycles. The molecule has 2 aromatic carbocycles. The smallest absolute Gasteiger partial charge is 0.273 e. The maximum atomic E-state index is 12.8. The highest BCUT2D eigenvalue weighted by Crippen LogP contribution is 2.29. The molecule has 3 aromatic rings. The summed E-state index contributed by atoms with van der Waals surface area (Å²) in [5, 5.41) is 14.6. The van der Waals surface area contributed by atoms with Gasteiger partial charge in [0.15, 0.2) is 0 Å². The van der Waals surface area contributed by atoms with Crippen LogP contribution < -0.4 is 10.1 Å². The number of anilines is 1. The Bertz CT molecular complexity index is 1130. The van der Waals surface area contributed by atoms with Crippen molar-refractivity contribution < 1.29 is 19.2 Å². The minimum absolute atomic E-state index is 0.0547. The number of aromatic nitrogens is 1. The van der Waals surface area contributed by atoms with E-state index in [0.717, 1.165) is 10.9 Å². The van der Waals surface area contributed by atoms with Crippen LogP contribution in [-0.2, 0) is 4.79 Å². The predicted octanol–water partition coefficient (Wildman–Crippen LogP) is 2.48. The number of carbonyl (C=O) groups excluding carboxylic acids is 2. The Morgan fingerprint density at radius 1 is 1.12 bits per heavy atom. The number of H-pyrrole nitrogens is 1. The zero-order chi connectivity index (χ0) is 22.7. The normalized spacial score (nSPS) is 14.3. The minimum atomic E-state index is -0.523. The number of hydrogen-bond acceptors (Lipinski definition) is 6. The number of hydrogen-bond donors (Lipinski definition) is 2. The summed E-state index contributed by atoms with van der Waals surface area (Å²) in [7, 11) is 1.39. The molecule has 1 saturated heterocycles. The summed E-state index contributed by atoms with van der Waals surface area (Å²) in [6.07, 6.45) is 0. The van der Waals surface area contributed by atoms with E-state index in [2.05, 4.69) is 10.3 Å². The molecule has 2 amide bonds. The van der Waals surface area contributed by atoms with Gasteiger partial charge in [0.2, 0.25) is 5.91 Å². The summed E-state index contributed by atoms with van der Waals surface area (Å²) in [6.45, 7) is 2.31. The molecule has 1 aliphatic heterocycles. The molecule has 2 N–H and O–H groups in total. The molecule has 0 spiro atoms. The second-order valence-electron chi connectivity index (χ2n) is 7.53. The third kappa shape index (κ3) is 4.54. The van der Waals surface area contributed by atoms with Crippen LogP contribution in [0.3, 0.4) is 0 Å². The van der Waals surface area contributed by atoms with E-state index >= 15 is 0 Å². The molecule has 0 aliphatic carbocycles. The van der Waals surface area contributed by atoms with Gasteiger partial charge in [0.1, 0.15) is 11.4 Å². The van der Waals surface area contributed by atoms with E-state index in [9.17, 15) is 19.7 Å². The van der Waals surface area contributed by atoms with Crippen molar-refractivity contribution in [2.75, 3.05) is 45.2 Å². The number of nitro benzene ring substituents is 1. The van der Waals surface area contributed by atoms with Crippen LogP contribution in [0.15, 0.2) is 48.5 Å². The lowest BCUT2D eigenvalue weighted by molar-refractivity contribution is -0.384. The summed E-state index contributed by atoms with van der Waals surface area (Å²) in [6, 6.07) is 13.6. The molecule has 32 heavy (non-hydrogen) atoms. The Labute approximate surface area is 183 Å². The SMILES string of the molecule is COc1cc([N+](=O)[O-])ccc1NC(=O)CN1CCN(C(=O)c2cc3ccccc3[nH]2)CC1. The molecule has 1 aliphatic rings. The minimum Gasteiger partial charge on any atom is -0.494 e. The molecule has 1 aromatic heterocycles. The maximum absolute atomic E-state index is 12.8. The lowest BCUT2D eigenvalue weighted by atomic mass is 10.2. The first-order chi connectivity index (χ1) is 15.4. The molecular formula is C22H23N5O5. The van der Waals surface area contributed by atoms with E-state index in [4.69, 9.17) is 4.74 Å². The number of methoxy groups -OCH3 is 1. The molecule has 4 rings (SSSR count). The fourth-order valence-corrected chi connectivity index (χ4v) is 3.76. The Balaban J connectivity index is 1.31. The molecule has 166 valence electrons. The van der Waals surface area contributed by atoms with Gasteiger partial charge in [-0.2, -0.15) is 0 Å². The Morgan fingerprint density at radius 3 is 2.56 bits per heavy atom. The van der Waals surface area contributed by atoms with Gasteiger partial charge < -0.3 is 19.9 Å². The van der Waals surface area contributed by atoms with Crippen LogP contribution in [0.4, 0.5) is 11.4 Å². The maximum Gasteiger partial charge on any atom is 0.273 e. The average molecular weight is 437 g/mol. The van der Waals surface area contributed by atoms with E-state index in [1.165, 1.54) is 25.3 Å². The van der Waals surface area contributed by atoms with Crippen LogP contribution in [0.1, 0.15) is 10.5 Å². The summed E-state index contributed by atoms with van der Waals surface area (Å²) in [4.78, 5) is 42.6. The van der Waals surface area contributed by atoms with Crippen LogP contribution in [0.2, 0.25) is 0 Å². The second kappa shape index (κ2) is 9.06. The van der Waals surface area contributed by atoms with Crippen molar-refractivity contribution in [1.82, 2.24) is 14.8 Å². The highest BCUT2D eigenvalue weighted by Gasteiger charge is 2.24. The number of ether oxygens (including phenoxy) is 1. The first-order valence-corrected chi connectivity index (χ1v) is 10.2. The second-order valence-corrected chi connectivity index (χ2v) is 7.53. The number of piperazine rings is 1.